The maximum atomic E-state index is 13.6. The molecule has 2 aromatic carbocycles. The maximum absolute atomic E-state index is 13.6. The summed E-state index contributed by atoms with van der Waals surface area (Å²) in [6.07, 6.45) is 0.957. The number of hydrogen-bond donors (Lipinski definition) is 1. The van der Waals surface area contributed by atoms with E-state index in [9.17, 15) is 8.78 Å². The first kappa shape index (κ1) is 15.3. The van der Waals surface area contributed by atoms with Gasteiger partial charge in [-0.05, 0) is 49.2 Å². The van der Waals surface area contributed by atoms with Gasteiger partial charge >= 0.3 is 0 Å². The molecule has 0 saturated carbocycles. The Bertz CT molecular complexity index is 584. The molecule has 0 saturated heterocycles. The average Bonchev–Trinajstić information content (AvgIpc) is 2.49. The van der Waals surface area contributed by atoms with E-state index in [1.54, 1.807) is 0 Å². The average molecular weight is 291 g/mol. The number of anilines is 1. The highest BCUT2D eigenvalue weighted by Crippen LogP contribution is 2.24. The minimum absolute atomic E-state index is 0.137. The van der Waals surface area contributed by atoms with Crippen molar-refractivity contribution in [1.82, 2.24) is 0 Å². The van der Waals surface area contributed by atoms with Crippen LogP contribution in [-0.2, 0) is 0 Å². The number of hydrogen-bond acceptors (Lipinski definition) is 2. The zero-order valence-corrected chi connectivity index (χ0v) is 12.2. The molecular formula is C17H19F2NO. The SMILES string of the molecule is CCCOc1ccc(C(C)Nc2cc(F)ccc2F)cc1. The van der Waals surface area contributed by atoms with Crippen LogP contribution in [0.4, 0.5) is 14.5 Å². The van der Waals surface area contributed by atoms with E-state index in [1.807, 2.05) is 38.1 Å². The second-order valence-corrected chi connectivity index (χ2v) is 4.91. The number of nitrogens with one attached hydrogen (secondary N) is 1. The fourth-order valence-electron chi connectivity index (χ4n) is 2.00. The van der Waals surface area contributed by atoms with Crippen LogP contribution < -0.4 is 10.1 Å². The van der Waals surface area contributed by atoms with Gasteiger partial charge in [0.05, 0.1) is 12.3 Å². The van der Waals surface area contributed by atoms with Crippen LogP contribution in [0.15, 0.2) is 42.5 Å². The van der Waals surface area contributed by atoms with Crippen molar-refractivity contribution >= 4 is 5.69 Å². The number of rotatable bonds is 6. The van der Waals surface area contributed by atoms with E-state index in [1.165, 1.54) is 0 Å². The molecule has 0 spiro atoms. The molecule has 2 aromatic rings. The summed E-state index contributed by atoms with van der Waals surface area (Å²) < 4.78 is 32.3. The molecule has 112 valence electrons. The van der Waals surface area contributed by atoms with Crippen LogP contribution in [0.3, 0.4) is 0 Å². The molecule has 1 unspecified atom stereocenters. The Kier molecular flexibility index (Phi) is 5.14. The van der Waals surface area contributed by atoms with E-state index in [0.29, 0.717) is 6.61 Å². The van der Waals surface area contributed by atoms with Crippen LogP contribution in [-0.4, -0.2) is 6.61 Å². The number of ether oxygens (including phenoxy) is 1. The fourth-order valence-corrected chi connectivity index (χ4v) is 2.00. The third-order valence-electron chi connectivity index (χ3n) is 3.15. The lowest BCUT2D eigenvalue weighted by molar-refractivity contribution is 0.317. The first-order valence-electron chi connectivity index (χ1n) is 7.04. The van der Waals surface area contributed by atoms with Gasteiger partial charge in [-0.3, -0.25) is 0 Å². The van der Waals surface area contributed by atoms with Gasteiger partial charge in [-0.25, -0.2) is 8.78 Å². The predicted molar refractivity (Wildman–Crippen MR) is 80.6 cm³/mol. The van der Waals surface area contributed by atoms with E-state index in [0.717, 1.165) is 35.9 Å². The van der Waals surface area contributed by atoms with Crippen LogP contribution in [0.5, 0.6) is 5.75 Å². The summed E-state index contributed by atoms with van der Waals surface area (Å²) in [4.78, 5) is 0. The van der Waals surface area contributed by atoms with Gasteiger partial charge in [-0.15, -0.1) is 0 Å². The first-order valence-corrected chi connectivity index (χ1v) is 7.04. The molecule has 0 aliphatic carbocycles. The Hall–Kier alpha value is -2.10. The lowest BCUT2D eigenvalue weighted by Crippen LogP contribution is -2.08. The zero-order chi connectivity index (χ0) is 15.2. The van der Waals surface area contributed by atoms with E-state index in [-0.39, 0.29) is 11.7 Å². The van der Waals surface area contributed by atoms with Crippen molar-refractivity contribution in [3.63, 3.8) is 0 Å². The highest BCUT2D eigenvalue weighted by Gasteiger charge is 2.09. The second-order valence-electron chi connectivity index (χ2n) is 4.91. The lowest BCUT2D eigenvalue weighted by Gasteiger charge is -2.17. The number of halogens is 2. The summed E-state index contributed by atoms with van der Waals surface area (Å²) in [6.45, 7) is 4.63. The quantitative estimate of drug-likeness (QED) is 0.815. The van der Waals surface area contributed by atoms with Gasteiger partial charge in [0.15, 0.2) is 0 Å². The van der Waals surface area contributed by atoms with E-state index >= 15 is 0 Å². The fraction of sp³-hybridized carbons (Fsp3) is 0.294. The third kappa shape index (κ3) is 4.18. The molecule has 0 aliphatic rings. The maximum Gasteiger partial charge on any atom is 0.146 e. The topological polar surface area (TPSA) is 21.3 Å². The Morgan fingerprint density at radius 3 is 2.48 bits per heavy atom. The predicted octanol–water partition coefficient (Wildman–Crippen LogP) is 4.93. The van der Waals surface area contributed by atoms with Gasteiger partial charge in [0.2, 0.25) is 0 Å². The summed E-state index contributed by atoms with van der Waals surface area (Å²) >= 11 is 0. The molecule has 21 heavy (non-hydrogen) atoms. The largest absolute Gasteiger partial charge is 0.494 e. The van der Waals surface area contributed by atoms with E-state index < -0.39 is 11.6 Å². The molecule has 1 N–H and O–H groups in total. The summed E-state index contributed by atoms with van der Waals surface area (Å²) in [5.41, 5.74) is 1.14. The molecule has 0 fully saturated rings. The van der Waals surface area contributed by atoms with E-state index in [2.05, 4.69) is 5.32 Å². The highest BCUT2D eigenvalue weighted by molar-refractivity contribution is 5.47. The minimum atomic E-state index is -0.467. The van der Waals surface area contributed by atoms with Gasteiger partial charge in [0.25, 0.3) is 0 Å². The molecule has 2 nitrogen and oxygen atoms in total. The Labute approximate surface area is 123 Å². The normalized spacial score (nSPS) is 12.0. The van der Waals surface area contributed by atoms with Gasteiger partial charge in [0, 0.05) is 6.04 Å². The van der Waals surface area contributed by atoms with Gasteiger partial charge in [0.1, 0.15) is 17.4 Å². The standard InChI is InChI=1S/C17H19F2NO/c1-3-10-21-15-7-4-13(5-8-15)12(2)20-17-11-14(18)6-9-16(17)19/h4-9,11-12,20H,3,10H2,1-2H3. The van der Waals surface area contributed by atoms with Crippen LogP contribution in [0.1, 0.15) is 31.9 Å². The Morgan fingerprint density at radius 1 is 1.10 bits per heavy atom. The molecule has 0 aromatic heterocycles. The Morgan fingerprint density at radius 2 is 1.81 bits per heavy atom. The summed E-state index contributed by atoms with van der Waals surface area (Å²) in [7, 11) is 0. The molecule has 0 bridgehead atoms. The molecular weight excluding hydrogens is 272 g/mol. The molecule has 2 rings (SSSR count). The van der Waals surface area contributed by atoms with Crippen LogP contribution >= 0.6 is 0 Å². The third-order valence-corrected chi connectivity index (χ3v) is 3.15. The molecule has 0 heterocycles. The van der Waals surface area contributed by atoms with Crippen molar-refractivity contribution in [2.45, 2.75) is 26.3 Å². The van der Waals surface area contributed by atoms with Gasteiger partial charge < -0.3 is 10.1 Å². The van der Waals surface area contributed by atoms with Crippen molar-refractivity contribution in [2.75, 3.05) is 11.9 Å². The van der Waals surface area contributed by atoms with Crippen molar-refractivity contribution in [2.24, 2.45) is 0 Å². The van der Waals surface area contributed by atoms with Crippen LogP contribution in [0, 0.1) is 11.6 Å². The molecule has 0 amide bonds. The summed E-state index contributed by atoms with van der Waals surface area (Å²) in [6, 6.07) is 10.8. The smallest absolute Gasteiger partial charge is 0.146 e. The first-order chi connectivity index (χ1) is 10.1. The van der Waals surface area contributed by atoms with Crippen molar-refractivity contribution in [1.29, 1.82) is 0 Å². The second kappa shape index (κ2) is 7.07. The molecule has 4 heteroatoms. The van der Waals surface area contributed by atoms with Crippen LogP contribution in [0.25, 0.3) is 0 Å². The van der Waals surface area contributed by atoms with Gasteiger partial charge in [-0.2, -0.15) is 0 Å². The minimum Gasteiger partial charge on any atom is -0.494 e. The zero-order valence-electron chi connectivity index (χ0n) is 12.2. The van der Waals surface area contributed by atoms with Gasteiger partial charge in [-0.1, -0.05) is 19.1 Å². The lowest BCUT2D eigenvalue weighted by atomic mass is 10.1. The number of benzene rings is 2. The molecule has 0 radical (unpaired) electrons. The highest BCUT2D eigenvalue weighted by atomic mass is 19.1. The Balaban J connectivity index is 2.05. The molecule has 1 atom stereocenters. The van der Waals surface area contributed by atoms with E-state index in [4.69, 9.17) is 4.74 Å². The van der Waals surface area contributed by atoms with Crippen molar-refractivity contribution < 1.29 is 13.5 Å². The monoisotopic (exact) mass is 291 g/mol. The van der Waals surface area contributed by atoms with Crippen molar-refractivity contribution in [3.8, 4) is 5.75 Å². The van der Waals surface area contributed by atoms with Crippen LogP contribution in [0.2, 0.25) is 0 Å². The van der Waals surface area contributed by atoms with Crippen molar-refractivity contribution in [3.05, 3.63) is 59.7 Å². The summed E-state index contributed by atoms with van der Waals surface area (Å²) in [5, 5.41) is 2.97. The summed E-state index contributed by atoms with van der Waals surface area (Å²) in [5.74, 6) is -0.120. The molecule has 0 aliphatic heterocycles.